The summed E-state index contributed by atoms with van der Waals surface area (Å²) in [6.07, 6.45) is 0.704. The molecule has 5 nitrogen and oxygen atoms in total. The van der Waals surface area contributed by atoms with Crippen molar-refractivity contribution in [3.63, 3.8) is 0 Å². The van der Waals surface area contributed by atoms with Gasteiger partial charge in [0, 0.05) is 18.4 Å². The number of nitrogens with zero attached hydrogens (tertiary/aromatic N) is 2. The molecule has 0 aliphatic rings. The number of aromatic nitrogens is 2. The summed E-state index contributed by atoms with van der Waals surface area (Å²) >= 11 is 1.55. The van der Waals surface area contributed by atoms with E-state index in [2.05, 4.69) is 27.3 Å². The number of hydrogen-bond acceptors (Lipinski definition) is 5. The van der Waals surface area contributed by atoms with Gasteiger partial charge in [-0.15, -0.1) is 11.3 Å². The second-order valence-corrected chi connectivity index (χ2v) is 5.88. The molecular weight excluding hydrogens is 322 g/mol. The molecule has 0 atom stereocenters. The lowest BCUT2D eigenvalue weighted by atomic mass is 10.2. The number of rotatable bonds is 5. The van der Waals surface area contributed by atoms with E-state index in [1.807, 2.05) is 47.8 Å². The average Bonchev–Trinajstić information content (AvgIpc) is 3.29. The minimum Gasteiger partial charge on any atom is -0.345 e. The molecule has 0 spiro atoms. The lowest BCUT2D eigenvalue weighted by Gasteiger charge is -1.98. The molecule has 0 saturated heterocycles. The SMILES string of the molecule is O=C(CCc1nc(-c2cccs2)no1)NCC#Cc1ccccc1. The molecule has 0 radical (unpaired) electrons. The van der Waals surface area contributed by atoms with E-state index in [0.29, 0.717) is 31.1 Å². The highest BCUT2D eigenvalue weighted by molar-refractivity contribution is 7.13. The van der Waals surface area contributed by atoms with E-state index in [4.69, 9.17) is 4.52 Å². The molecule has 120 valence electrons. The van der Waals surface area contributed by atoms with E-state index in [-0.39, 0.29) is 5.91 Å². The number of benzene rings is 1. The van der Waals surface area contributed by atoms with Gasteiger partial charge in [-0.2, -0.15) is 4.98 Å². The van der Waals surface area contributed by atoms with Crippen molar-refractivity contribution in [1.29, 1.82) is 0 Å². The third-order valence-corrected chi connectivity index (χ3v) is 4.02. The Morgan fingerprint density at radius 1 is 1.21 bits per heavy atom. The molecule has 0 bridgehead atoms. The molecular formula is C18H15N3O2S. The first-order chi connectivity index (χ1) is 11.8. The molecule has 1 N–H and O–H groups in total. The Balaban J connectivity index is 1.42. The number of hydrogen-bond donors (Lipinski definition) is 1. The molecule has 0 aliphatic carbocycles. The Hall–Kier alpha value is -2.91. The zero-order chi connectivity index (χ0) is 16.6. The fraction of sp³-hybridized carbons (Fsp3) is 0.167. The maximum absolute atomic E-state index is 11.8. The van der Waals surface area contributed by atoms with Crippen LogP contribution in [0.2, 0.25) is 0 Å². The number of thiophene rings is 1. The van der Waals surface area contributed by atoms with Crippen LogP contribution in [-0.2, 0) is 11.2 Å². The Morgan fingerprint density at radius 2 is 2.08 bits per heavy atom. The van der Waals surface area contributed by atoms with Gasteiger partial charge in [0.15, 0.2) is 0 Å². The zero-order valence-corrected chi connectivity index (χ0v) is 13.7. The smallest absolute Gasteiger partial charge is 0.227 e. The van der Waals surface area contributed by atoms with Crippen LogP contribution in [0.15, 0.2) is 52.4 Å². The third kappa shape index (κ3) is 4.54. The van der Waals surface area contributed by atoms with Crippen LogP contribution in [0.5, 0.6) is 0 Å². The van der Waals surface area contributed by atoms with Crippen LogP contribution in [0.25, 0.3) is 10.7 Å². The molecule has 2 aromatic heterocycles. The van der Waals surface area contributed by atoms with Crippen molar-refractivity contribution in [2.24, 2.45) is 0 Å². The largest absolute Gasteiger partial charge is 0.345 e. The van der Waals surface area contributed by atoms with Gasteiger partial charge in [-0.3, -0.25) is 4.79 Å². The van der Waals surface area contributed by atoms with Crippen LogP contribution in [0.1, 0.15) is 17.9 Å². The van der Waals surface area contributed by atoms with Crippen molar-refractivity contribution >= 4 is 17.2 Å². The van der Waals surface area contributed by atoms with Crippen LogP contribution < -0.4 is 5.32 Å². The molecule has 6 heteroatoms. The van der Waals surface area contributed by atoms with E-state index in [0.717, 1.165) is 10.4 Å². The van der Waals surface area contributed by atoms with Crippen LogP contribution >= 0.6 is 11.3 Å². The molecule has 2 heterocycles. The van der Waals surface area contributed by atoms with Crippen molar-refractivity contribution in [3.05, 3.63) is 59.3 Å². The number of carbonyl (C=O) groups is 1. The van der Waals surface area contributed by atoms with E-state index in [9.17, 15) is 4.79 Å². The molecule has 3 aromatic rings. The minimum absolute atomic E-state index is 0.0896. The lowest BCUT2D eigenvalue weighted by molar-refractivity contribution is -0.120. The molecule has 0 fully saturated rings. The van der Waals surface area contributed by atoms with Gasteiger partial charge in [-0.25, -0.2) is 0 Å². The van der Waals surface area contributed by atoms with Crippen LogP contribution in [0, 0.1) is 11.8 Å². The summed E-state index contributed by atoms with van der Waals surface area (Å²) in [6, 6.07) is 13.5. The van der Waals surface area contributed by atoms with Gasteiger partial charge in [-0.05, 0) is 23.6 Å². The van der Waals surface area contributed by atoms with E-state index >= 15 is 0 Å². The zero-order valence-electron chi connectivity index (χ0n) is 12.9. The normalized spacial score (nSPS) is 10.0. The highest BCUT2D eigenvalue weighted by Gasteiger charge is 2.10. The van der Waals surface area contributed by atoms with Gasteiger partial charge in [-0.1, -0.05) is 41.3 Å². The first-order valence-corrected chi connectivity index (χ1v) is 8.36. The van der Waals surface area contributed by atoms with Gasteiger partial charge in [0.05, 0.1) is 11.4 Å². The number of nitrogens with one attached hydrogen (secondary N) is 1. The predicted molar refractivity (Wildman–Crippen MR) is 92.3 cm³/mol. The fourth-order valence-electron chi connectivity index (χ4n) is 1.98. The Labute approximate surface area is 143 Å². The molecule has 1 aromatic carbocycles. The van der Waals surface area contributed by atoms with Gasteiger partial charge in [0.1, 0.15) is 0 Å². The van der Waals surface area contributed by atoms with Crippen molar-refractivity contribution in [1.82, 2.24) is 15.5 Å². The van der Waals surface area contributed by atoms with Crippen molar-refractivity contribution < 1.29 is 9.32 Å². The lowest BCUT2D eigenvalue weighted by Crippen LogP contribution is -2.23. The van der Waals surface area contributed by atoms with Crippen LogP contribution in [0.3, 0.4) is 0 Å². The standard InChI is InChI=1S/C18H15N3O2S/c22-16(19-12-4-8-14-6-2-1-3-7-14)10-11-17-20-18(21-23-17)15-9-5-13-24-15/h1-3,5-7,9,13H,10-12H2,(H,19,22). The summed E-state index contributed by atoms with van der Waals surface area (Å²) in [7, 11) is 0. The fourth-order valence-corrected chi connectivity index (χ4v) is 2.63. The first kappa shape index (κ1) is 16.0. The Bertz CT molecular complexity index is 845. The Morgan fingerprint density at radius 3 is 2.88 bits per heavy atom. The van der Waals surface area contributed by atoms with Gasteiger partial charge in [0.25, 0.3) is 0 Å². The number of aryl methyl sites for hydroxylation is 1. The third-order valence-electron chi connectivity index (χ3n) is 3.16. The minimum atomic E-state index is -0.0896. The van der Waals surface area contributed by atoms with Gasteiger partial charge in [0.2, 0.25) is 17.6 Å². The summed E-state index contributed by atoms with van der Waals surface area (Å²) < 4.78 is 5.16. The van der Waals surface area contributed by atoms with Gasteiger partial charge < -0.3 is 9.84 Å². The summed E-state index contributed by atoms with van der Waals surface area (Å²) in [5.41, 5.74) is 0.929. The molecule has 0 unspecified atom stereocenters. The predicted octanol–water partition coefficient (Wildman–Crippen LogP) is 2.90. The highest BCUT2D eigenvalue weighted by atomic mass is 32.1. The number of carbonyl (C=O) groups excluding carboxylic acids is 1. The Kier molecular flexibility index (Phi) is 5.38. The van der Waals surface area contributed by atoms with E-state index in [1.54, 1.807) is 11.3 Å². The summed E-state index contributed by atoms with van der Waals surface area (Å²) in [5.74, 6) is 6.85. The summed E-state index contributed by atoms with van der Waals surface area (Å²) in [4.78, 5) is 17.0. The quantitative estimate of drug-likeness (QED) is 0.727. The van der Waals surface area contributed by atoms with Gasteiger partial charge >= 0.3 is 0 Å². The maximum Gasteiger partial charge on any atom is 0.227 e. The van der Waals surface area contributed by atoms with Crippen molar-refractivity contribution in [3.8, 4) is 22.5 Å². The molecule has 24 heavy (non-hydrogen) atoms. The number of amides is 1. The van der Waals surface area contributed by atoms with Crippen molar-refractivity contribution in [2.75, 3.05) is 6.54 Å². The van der Waals surface area contributed by atoms with Crippen molar-refractivity contribution in [2.45, 2.75) is 12.8 Å². The monoisotopic (exact) mass is 337 g/mol. The van der Waals surface area contributed by atoms with Crippen LogP contribution in [0.4, 0.5) is 0 Å². The van der Waals surface area contributed by atoms with Crippen LogP contribution in [-0.4, -0.2) is 22.6 Å². The second-order valence-electron chi connectivity index (χ2n) is 4.93. The average molecular weight is 337 g/mol. The van der Waals surface area contributed by atoms with E-state index in [1.165, 1.54) is 0 Å². The maximum atomic E-state index is 11.8. The summed E-state index contributed by atoms with van der Waals surface area (Å²) in [5, 5.41) is 8.63. The highest BCUT2D eigenvalue weighted by Crippen LogP contribution is 2.21. The van der Waals surface area contributed by atoms with E-state index < -0.39 is 0 Å². The first-order valence-electron chi connectivity index (χ1n) is 7.48. The molecule has 0 aliphatic heterocycles. The molecule has 3 rings (SSSR count). The molecule has 1 amide bonds. The molecule has 0 saturated carbocycles. The summed E-state index contributed by atoms with van der Waals surface area (Å²) in [6.45, 7) is 0.317. The second kappa shape index (κ2) is 8.09. The topological polar surface area (TPSA) is 68.0 Å².